The third-order valence-corrected chi connectivity index (χ3v) is 3.15. The molecule has 0 radical (unpaired) electrons. The molecule has 1 fully saturated rings. The second-order valence-electron chi connectivity index (χ2n) is 4.21. The maximum Gasteiger partial charge on any atom is 0.239 e. The molecule has 1 aliphatic carbocycles. The summed E-state index contributed by atoms with van der Waals surface area (Å²) in [5, 5.41) is 8.97. The first-order valence-corrected chi connectivity index (χ1v) is 5.87. The van der Waals surface area contributed by atoms with Gasteiger partial charge in [0.1, 0.15) is 0 Å². The summed E-state index contributed by atoms with van der Waals surface area (Å²) in [6.07, 6.45) is 5.14. The van der Waals surface area contributed by atoms with Crippen LogP contribution in [0.5, 0.6) is 0 Å². The number of carbonyl (C=O) groups is 1. The molecule has 1 aliphatic rings. The SMILES string of the molecule is CCC(N)C(=O)N(CCO)C1CCCC1. The van der Waals surface area contributed by atoms with Crippen molar-refractivity contribution < 1.29 is 9.90 Å². The van der Waals surface area contributed by atoms with Crippen LogP contribution in [0.3, 0.4) is 0 Å². The van der Waals surface area contributed by atoms with Crippen molar-refractivity contribution in [1.29, 1.82) is 0 Å². The standard InChI is InChI=1S/C11H22N2O2/c1-2-10(12)11(15)13(7-8-14)9-5-3-4-6-9/h9-10,14H,2-8,12H2,1H3. The van der Waals surface area contributed by atoms with Crippen LogP contribution in [0, 0.1) is 0 Å². The van der Waals surface area contributed by atoms with Crippen molar-refractivity contribution in [2.75, 3.05) is 13.2 Å². The second kappa shape index (κ2) is 6.08. The van der Waals surface area contributed by atoms with Crippen molar-refractivity contribution in [2.24, 2.45) is 5.73 Å². The Labute approximate surface area is 91.4 Å². The van der Waals surface area contributed by atoms with Crippen LogP contribution >= 0.6 is 0 Å². The normalized spacial score (nSPS) is 19.1. The minimum Gasteiger partial charge on any atom is -0.395 e. The highest BCUT2D eigenvalue weighted by molar-refractivity contribution is 5.81. The Kier molecular flexibility index (Phi) is 5.05. The summed E-state index contributed by atoms with van der Waals surface area (Å²) in [6, 6.07) is -0.0978. The van der Waals surface area contributed by atoms with Gasteiger partial charge < -0.3 is 15.7 Å². The molecule has 1 atom stereocenters. The van der Waals surface area contributed by atoms with Gasteiger partial charge in [0, 0.05) is 12.6 Å². The molecule has 1 unspecified atom stereocenters. The predicted molar refractivity (Wildman–Crippen MR) is 59.3 cm³/mol. The van der Waals surface area contributed by atoms with E-state index in [-0.39, 0.29) is 12.5 Å². The Balaban J connectivity index is 2.59. The van der Waals surface area contributed by atoms with E-state index in [9.17, 15) is 4.79 Å². The van der Waals surface area contributed by atoms with Crippen molar-refractivity contribution in [3.8, 4) is 0 Å². The van der Waals surface area contributed by atoms with Gasteiger partial charge in [-0.15, -0.1) is 0 Å². The summed E-state index contributed by atoms with van der Waals surface area (Å²) in [6.45, 7) is 2.37. The molecule has 1 amide bonds. The van der Waals surface area contributed by atoms with Gasteiger partial charge in [0.25, 0.3) is 0 Å². The third kappa shape index (κ3) is 3.18. The zero-order valence-electron chi connectivity index (χ0n) is 9.48. The lowest BCUT2D eigenvalue weighted by atomic mass is 10.1. The number of nitrogens with two attached hydrogens (primary N) is 1. The molecule has 0 bridgehead atoms. The molecular weight excluding hydrogens is 192 g/mol. The molecule has 15 heavy (non-hydrogen) atoms. The third-order valence-electron chi connectivity index (χ3n) is 3.15. The van der Waals surface area contributed by atoms with E-state index in [0.717, 1.165) is 12.8 Å². The molecule has 1 saturated carbocycles. The summed E-state index contributed by atoms with van der Waals surface area (Å²) in [7, 11) is 0. The van der Waals surface area contributed by atoms with Crippen LogP contribution in [0.25, 0.3) is 0 Å². The van der Waals surface area contributed by atoms with E-state index in [1.165, 1.54) is 12.8 Å². The van der Waals surface area contributed by atoms with E-state index in [0.29, 0.717) is 19.0 Å². The van der Waals surface area contributed by atoms with Crippen LogP contribution in [0.15, 0.2) is 0 Å². The summed E-state index contributed by atoms with van der Waals surface area (Å²) in [5.74, 6) is -0.00144. The average Bonchev–Trinajstić information content (AvgIpc) is 2.77. The Morgan fingerprint density at radius 2 is 2.13 bits per heavy atom. The van der Waals surface area contributed by atoms with Crippen molar-refractivity contribution in [1.82, 2.24) is 4.90 Å². The fraction of sp³-hybridized carbons (Fsp3) is 0.909. The summed E-state index contributed by atoms with van der Waals surface area (Å²) < 4.78 is 0. The van der Waals surface area contributed by atoms with Crippen molar-refractivity contribution in [2.45, 2.75) is 51.1 Å². The van der Waals surface area contributed by atoms with Gasteiger partial charge in [-0.1, -0.05) is 19.8 Å². The first kappa shape index (κ1) is 12.5. The van der Waals surface area contributed by atoms with Gasteiger partial charge in [0.05, 0.1) is 12.6 Å². The maximum atomic E-state index is 11.9. The minimum atomic E-state index is -0.405. The van der Waals surface area contributed by atoms with Gasteiger partial charge in [-0.05, 0) is 19.3 Å². The fourth-order valence-electron chi connectivity index (χ4n) is 2.18. The Morgan fingerprint density at radius 1 is 1.53 bits per heavy atom. The lowest BCUT2D eigenvalue weighted by Crippen LogP contribution is -2.48. The van der Waals surface area contributed by atoms with Crippen molar-refractivity contribution in [3.63, 3.8) is 0 Å². The van der Waals surface area contributed by atoms with Gasteiger partial charge in [-0.25, -0.2) is 0 Å². The first-order valence-electron chi connectivity index (χ1n) is 5.87. The topological polar surface area (TPSA) is 66.6 Å². The van der Waals surface area contributed by atoms with E-state index in [1.54, 1.807) is 4.90 Å². The summed E-state index contributed by atoms with van der Waals surface area (Å²) >= 11 is 0. The number of amides is 1. The van der Waals surface area contributed by atoms with Gasteiger partial charge in [0.15, 0.2) is 0 Å². The molecule has 0 aliphatic heterocycles. The number of hydrogen-bond acceptors (Lipinski definition) is 3. The molecule has 0 heterocycles. The van der Waals surface area contributed by atoms with Crippen molar-refractivity contribution in [3.05, 3.63) is 0 Å². The monoisotopic (exact) mass is 214 g/mol. The highest BCUT2D eigenvalue weighted by Crippen LogP contribution is 2.23. The van der Waals surface area contributed by atoms with E-state index in [4.69, 9.17) is 10.8 Å². The summed E-state index contributed by atoms with van der Waals surface area (Å²) in [4.78, 5) is 13.7. The van der Waals surface area contributed by atoms with Crippen molar-refractivity contribution >= 4 is 5.91 Å². The van der Waals surface area contributed by atoms with Gasteiger partial charge in [0.2, 0.25) is 5.91 Å². The molecule has 0 spiro atoms. The quantitative estimate of drug-likeness (QED) is 0.700. The largest absolute Gasteiger partial charge is 0.395 e. The highest BCUT2D eigenvalue weighted by Gasteiger charge is 2.28. The molecule has 0 aromatic carbocycles. The highest BCUT2D eigenvalue weighted by atomic mass is 16.3. The number of rotatable bonds is 5. The number of aliphatic hydroxyl groups is 1. The van der Waals surface area contributed by atoms with E-state index < -0.39 is 6.04 Å². The lowest BCUT2D eigenvalue weighted by Gasteiger charge is -2.30. The predicted octanol–water partition coefficient (Wildman–Crippen LogP) is 0.487. The summed E-state index contributed by atoms with van der Waals surface area (Å²) in [5.41, 5.74) is 5.74. The number of hydrogen-bond donors (Lipinski definition) is 2. The Hall–Kier alpha value is -0.610. The minimum absolute atomic E-state index is 0.00144. The van der Waals surface area contributed by atoms with Crippen LogP contribution in [0.4, 0.5) is 0 Å². The molecule has 4 nitrogen and oxygen atoms in total. The van der Waals surface area contributed by atoms with Crippen LogP contribution in [0.1, 0.15) is 39.0 Å². The smallest absolute Gasteiger partial charge is 0.239 e. The van der Waals surface area contributed by atoms with Crippen LogP contribution < -0.4 is 5.73 Å². The molecule has 1 rings (SSSR count). The molecular formula is C11H22N2O2. The first-order chi connectivity index (χ1) is 7.20. The Morgan fingerprint density at radius 3 is 2.60 bits per heavy atom. The Bertz CT molecular complexity index is 203. The van der Waals surface area contributed by atoms with E-state index in [1.807, 2.05) is 6.92 Å². The van der Waals surface area contributed by atoms with E-state index >= 15 is 0 Å². The maximum absolute atomic E-state index is 11.9. The van der Waals surface area contributed by atoms with Gasteiger partial charge >= 0.3 is 0 Å². The molecule has 3 N–H and O–H groups in total. The lowest BCUT2D eigenvalue weighted by molar-refractivity contribution is -0.135. The average molecular weight is 214 g/mol. The van der Waals surface area contributed by atoms with Gasteiger partial charge in [-0.2, -0.15) is 0 Å². The number of aliphatic hydroxyl groups excluding tert-OH is 1. The second-order valence-corrected chi connectivity index (χ2v) is 4.21. The molecule has 0 aromatic heterocycles. The van der Waals surface area contributed by atoms with Gasteiger partial charge in [-0.3, -0.25) is 4.79 Å². The number of nitrogens with zero attached hydrogens (tertiary/aromatic N) is 1. The molecule has 4 heteroatoms. The zero-order chi connectivity index (χ0) is 11.3. The van der Waals surface area contributed by atoms with Crippen LogP contribution in [-0.4, -0.2) is 41.1 Å². The van der Waals surface area contributed by atoms with Crippen LogP contribution in [-0.2, 0) is 4.79 Å². The molecule has 88 valence electrons. The van der Waals surface area contributed by atoms with Crippen LogP contribution in [0.2, 0.25) is 0 Å². The molecule has 0 aromatic rings. The number of carbonyl (C=O) groups excluding carboxylic acids is 1. The zero-order valence-corrected chi connectivity index (χ0v) is 9.48. The van der Waals surface area contributed by atoms with E-state index in [2.05, 4.69) is 0 Å². The molecule has 0 saturated heterocycles. The fourth-order valence-corrected chi connectivity index (χ4v) is 2.18.